The van der Waals surface area contributed by atoms with Gasteiger partial charge in [-0.25, -0.2) is 0 Å². The molecule has 4 nitrogen and oxygen atoms in total. The molecule has 22 heavy (non-hydrogen) atoms. The third-order valence-corrected chi connectivity index (χ3v) is 5.35. The summed E-state index contributed by atoms with van der Waals surface area (Å²) in [5.41, 5.74) is 0.696. The highest BCUT2D eigenvalue weighted by atomic mass is 32.2. The molecule has 0 radical (unpaired) electrons. The number of hydrogen-bond donors (Lipinski definition) is 0. The Balaban J connectivity index is 1.68. The van der Waals surface area contributed by atoms with Gasteiger partial charge in [0.2, 0.25) is 6.79 Å². The Labute approximate surface area is 140 Å². The summed E-state index contributed by atoms with van der Waals surface area (Å²) in [6.45, 7) is 0.204. The molecule has 1 saturated heterocycles. The Morgan fingerprint density at radius 3 is 2.91 bits per heavy atom. The fourth-order valence-corrected chi connectivity index (χ4v) is 4.24. The number of amides is 1. The number of thiophene rings is 1. The molecule has 1 amide bonds. The van der Waals surface area contributed by atoms with Crippen LogP contribution < -0.4 is 14.4 Å². The number of hydrogen-bond acceptors (Lipinski definition) is 6. The number of thioether (sulfide) groups is 1. The second-order valence-electron chi connectivity index (χ2n) is 4.57. The third kappa shape index (κ3) is 2.31. The maximum Gasteiger partial charge on any atom is 0.270 e. The van der Waals surface area contributed by atoms with Gasteiger partial charge in [0, 0.05) is 10.9 Å². The maximum absolute atomic E-state index is 12.6. The predicted molar refractivity (Wildman–Crippen MR) is 92.5 cm³/mol. The molecule has 0 atom stereocenters. The number of anilines is 1. The second-order valence-corrected chi connectivity index (χ2v) is 7.23. The molecule has 110 valence electrons. The van der Waals surface area contributed by atoms with Crippen molar-refractivity contribution in [2.75, 3.05) is 11.7 Å². The average molecular weight is 347 g/mol. The number of ether oxygens (including phenoxy) is 2. The minimum absolute atomic E-state index is 0.109. The molecule has 1 aromatic carbocycles. The predicted octanol–water partition coefficient (Wildman–Crippen LogP) is 3.88. The van der Waals surface area contributed by atoms with E-state index in [9.17, 15) is 4.79 Å². The van der Waals surface area contributed by atoms with Gasteiger partial charge in [-0.05, 0) is 29.7 Å². The van der Waals surface area contributed by atoms with Crippen molar-refractivity contribution in [1.82, 2.24) is 0 Å². The highest BCUT2D eigenvalue weighted by Gasteiger charge is 2.34. The third-order valence-electron chi connectivity index (χ3n) is 3.22. The van der Waals surface area contributed by atoms with Gasteiger partial charge in [-0.15, -0.1) is 11.3 Å². The average Bonchev–Trinajstić information content (AvgIpc) is 3.21. The van der Waals surface area contributed by atoms with Gasteiger partial charge in [-0.2, -0.15) is 0 Å². The molecule has 0 spiro atoms. The van der Waals surface area contributed by atoms with Crippen molar-refractivity contribution in [2.24, 2.45) is 0 Å². The largest absolute Gasteiger partial charge is 0.454 e. The molecule has 4 rings (SSSR count). The summed E-state index contributed by atoms with van der Waals surface area (Å²) in [6.07, 6.45) is 1.87. The number of carbonyl (C=O) groups excluding carboxylic acids is 1. The van der Waals surface area contributed by atoms with Crippen LogP contribution in [0.2, 0.25) is 0 Å². The Kier molecular flexibility index (Phi) is 3.40. The van der Waals surface area contributed by atoms with Crippen LogP contribution in [0.5, 0.6) is 11.5 Å². The number of fused-ring (bicyclic) bond motifs is 1. The topological polar surface area (TPSA) is 38.8 Å². The van der Waals surface area contributed by atoms with Crippen LogP contribution in [0.25, 0.3) is 6.08 Å². The molecule has 0 N–H and O–H groups in total. The van der Waals surface area contributed by atoms with Crippen molar-refractivity contribution in [3.8, 4) is 11.5 Å². The van der Waals surface area contributed by atoms with Crippen molar-refractivity contribution >= 4 is 57.3 Å². The monoisotopic (exact) mass is 347 g/mol. The summed E-state index contributed by atoms with van der Waals surface area (Å²) in [6, 6.07) is 9.31. The van der Waals surface area contributed by atoms with E-state index in [0.29, 0.717) is 26.4 Å². The number of thiocarbonyl (C=S) groups is 1. The number of benzene rings is 1. The zero-order valence-electron chi connectivity index (χ0n) is 11.1. The van der Waals surface area contributed by atoms with Crippen LogP contribution in [0.1, 0.15) is 4.88 Å². The second kappa shape index (κ2) is 5.42. The molecule has 0 aliphatic carbocycles. The highest BCUT2D eigenvalue weighted by Crippen LogP contribution is 2.40. The maximum atomic E-state index is 12.6. The minimum Gasteiger partial charge on any atom is -0.454 e. The molecule has 2 aromatic rings. The molecule has 0 saturated carbocycles. The summed E-state index contributed by atoms with van der Waals surface area (Å²) >= 11 is 8.26. The van der Waals surface area contributed by atoms with E-state index in [1.165, 1.54) is 16.7 Å². The van der Waals surface area contributed by atoms with Gasteiger partial charge in [-0.1, -0.05) is 30.0 Å². The SMILES string of the molecule is O=C1/C(=C\c2cccs2)SC(=S)N1c1ccc2c(c1)OCO2. The van der Waals surface area contributed by atoms with Gasteiger partial charge in [0.25, 0.3) is 5.91 Å². The van der Waals surface area contributed by atoms with E-state index >= 15 is 0 Å². The van der Waals surface area contributed by atoms with E-state index in [0.717, 1.165) is 4.88 Å². The summed E-state index contributed by atoms with van der Waals surface area (Å²) in [5.74, 6) is 1.21. The van der Waals surface area contributed by atoms with Gasteiger partial charge in [0.15, 0.2) is 15.8 Å². The Morgan fingerprint density at radius 1 is 1.23 bits per heavy atom. The van der Waals surface area contributed by atoms with Crippen LogP contribution in [0.4, 0.5) is 5.69 Å². The fraction of sp³-hybridized carbons (Fsp3) is 0.0667. The number of carbonyl (C=O) groups is 1. The van der Waals surface area contributed by atoms with E-state index in [2.05, 4.69) is 0 Å². The standard InChI is InChI=1S/C15H9NO3S3/c17-14-13(7-10-2-1-5-21-10)22-15(20)16(14)9-3-4-11-12(6-9)19-8-18-11/h1-7H,8H2/b13-7+. The zero-order chi connectivity index (χ0) is 15.1. The van der Waals surface area contributed by atoms with Gasteiger partial charge >= 0.3 is 0 Å². The lowest BCUT2D eigenvalue weighted by Crippen LogP contribution is -2.27. The van der Waals surface area contributed by atoms with Crippen LogP contribution in [0.3, 0.4) is 0 Å². The first-order valence-corrected chi connectivity index (χ1v) is 8.54. The summed E-state index contributed by atoms with van der Waals surface area (Å²) < 4.78 is 11.2. The van der Waals surface area contributed by atoms with Crippen molar-refractivity contribution < 1.29 is 14.3 Å². The molecule has 3 heterocycles. The lowest BCUT2D eigenvalue weighted by atomic mass is 10.2. The molecule has 7 heteroatoms. The first-order chi connectivity index (χ1) is 10.7. The lowest BCUT2D eigenvalue weighted by Gasteiger charge is -2.14. The zero-order valence-corrected chi connectivity index (χ0v) is 13.6. The van der Waals surface area contributed by atoms with Crippen LogP contribution >= 0.6 is 35.3 Å². The molecular formula is C15H9NO3S3. The van der Waals surface area contributed by atoms with Gasteiger partial charge in [0.1, 0.15) is 0 Å². The van der Waals surface area contributed by atoms with Crippen LogP contribution in [0, 0.1) is 0 Å². The minimum atomic E-state index is -0.109. The Morgan fingerprint density at radius 2 is 2.09 bits per heavy atom. The van der Waals surface area contributed by atoms with Crippen LogP contribution in [0.15, 0.2) is 40.6 Å². The molecule has 0 bridgehead atoms. The van der Waals surface area contributed by atoms with Gasteiger partial charge in [0.05, 0.1) is 10.6 Å². The molecule has 1 aromatic heterocycles. The normalized spacial score (nSPS) is 18.5. The van der Waals surface area contributed by atoms with E-state index in [4.69, 9.17) is 21.7 Å². The van der Waals surface area contributed by atoms with E-state index < -0.39 is 0 Å². The van der Waals surface area contributed by atoms with Crippen molar-refractivity contribution in [2.45, 2.75) is 0 Å². The summed E-state index contributed by atoms with van der Waals surface area (Å²) in [4.78, 5) is 15.8. The molecule has 2 aliphatic heterocycles. The van der Waals surface area contributed by atoms with Crippen LogP contribution in [-0.4, -0.2) is 17.0 Å². The Hall–Kier alpha value is -1.83. The van der Waals surface area contributed by atoms with Crippen molar-refractivity contribution in [1.29, 1.82) is 0 Å². The molecule has 1 fully saturated rings. The number of rotatable bonds is 2. The van der Waals surface area contributed by atoms with Crippen molar-refractivity contribution in [3.63, 3.8) is 0 Å². The fourth-order valence-electron chi connectivity index (χ4n) is 2.22. The smallest absolute Gasteiger partial charge is 0.270 e. The van der Waals surface area contributed by atoms with Gasteiger partial charge < -0.3 is 9.47 Å². The quantitative estimate of drug-likeness (QED) is 0.609. The van der Waals surface area contributed by atoms with E-state index in [-0.39, 0.29) is 12.7 Å². The first-order valence-electron chi connectivity index (χ1n) is 6.43. The molecular weight excluding hydrogens is 338 g/mol. The van der Waals surface area contributed by atoms with Crippen LogP contribution in [-0.2, 0) is 4.79 Å². The Bertz CT molecular complexity index is 798. The van der Waals surface area contributed by atoms with Crippen molar-refractivity contribution in [3.05, 3.63) is 45.5 Å². The summed E-state index contributed by atoms with van der Waals surface area (Å²) in [5, 5.41) is 1.98. The summed E-state index contributed by atoms with van der Waals surface area (Å²) in [7, 11) is 0. The van der Waals surface area contributed by atoms with E-state index in [1.807, 2.05) is 29.7 Å². The van der Waals surface area contributed by atoms with E-state index in [1.54, 1.807) is 23.5 Å². The molecule has 0 unspecified atom stereocenters. The highest BCUT2D eigenvalue weighted by molar-refractivity contribution is 8.27. The lowest BCUT2D eigenvalue weighted by molar-refractivity contribution is -0.113. The first kappa shape index (κ1) is 13.8. The molecule has 2 aliphatic rings. The number of nitrogens with zero attached hydrogens (tertiary/aromatic N) is 1. The van der Waals surface area contributed by atoms with Gasteiger partial charge in [-0.3, -0.25) is 9.69 Å².